The summed E-state index contributed by atoms with van der Waals surface area (Å²) in [6.07, 6.45) is 0. The number of aromatic nitrogens is 2. The summed E-state index contributed by atoms with van der Waals surface area (Å²) in [5.74, 6) is 0. The van der Waals surface area contributed by atoms with Crippen LogP contribution in [0.4, 0.5) is 0 Å². The van der Waals surface area contributed by atoms with E-state index in [1.165, 1.54) is 0 Å². The Hall–Kier alpha value is -0.204. The van der Waals surface area contributed by atoms with E-state index in [2.05, 4.69) is 16.0 Å². The summed E-state index contributed by atoms with van der Waals surface area (Å²) in [5, 5.41) is 0. The minimum Gasteiger partial charge on any atom is -0.369 e. The summed E-state index contributed by atoms with van der Waals surface area (Å²) in [5.41, 5.74) is -0.0729. The summed E-state index contributed by atoms with van der Waals surface area (Å²) >= 11 is 0. The number of aromatic amines is 2. The molecule has 0 amide bonds. The molecule has 1 aromatic heterocycles. The fourth-order valence-electron chi connectivity index (χ4n) is 1.00. The van der Waals surface area contributed by atoms with E-state index in [0.717, 1.165) is 0 Å². The van der Waals surface area contributed by atoms with Gasteiger partial charge in [-0.2, -0.15) is 18.2 Å². The molecule has 0 aliphatic rings. The zero-order valence-corrected chi connectivity index (χ0v) is 10.2. The van der Waals surface area contributed by atoms with E-state index in [1.807, 2.05) is 0 Å². The largest absolute Gasteiger partial charge is 1.00 e. The number of hydrogen-bond acceptors (Lipinski definition) is 2. The van der Waals surface area contributed by atoms with Crippen LogP contribution in [0.2, 0.25) is 0 Å². The van der Waals surface area contributed by atoms with Gasteiger partial charge < -0.3 is 9.97 Å². The minimum absolute atomic E-state index is 0. The maximum Gasteiger partial charge on any atom is 1.00 e. The molecule has 1 aromatic carbocycles. The molecule has 0 atom stereocenters. The van der Waals surface area contributed by atoms with Crippen LogP contribution in [0.15, 0.2) is 27.8 Å². The second-order valence-corrected chi connectivity index (χ2v) is 2.38. The quantitative estimate of drug-likeness (QED) is 0.271. The normalized spacial score (nSPS) is 9.54. The first kappa shape index (κ1) is 10.9. The summed E-state index contributed by atoms with van der Waals surface area (Å²) in [6.45, 7) is 0. The number of H-pyrrole nitrogens is 2. The third-order valence-corrected chi connectivity index (χ3v) is 1.57. The Labute approximate surface area is 116 Å². The molecule has 0 radical (unpaired) electrons. The smallest absolute Gasteiger partial charge is 0.369 e. The monoisotopic (exact) mass is 200 g/mol. The number of fused-ring (bicyclic) bond motifs is 1. The van der Waals surface area contributed by atoms with Gasteiger partial charge in [0.05, 0.1) is 0 Å². The maximum absolute atomic E-state index is 10.8. The predicted octanol–water partition coefficient (Wildman–Crippen LogP) is -2.98. The van der Waals surface area contributed by atoms with Gasteiger partial charge in [0.1, 0.15) is 0 Å². The first-order valence-corrected chi connectivity index (χ1v) is 3.40. The molecule has 2 N–H and O–H groups in total. The van der Waals surface area contributed by atoms with Gasteiger partial charge in [0.15, 0.2) is 0 Å². The maximum atomic E-state index is 10.8. The third-order valence-electron chi connectivity index (χ3n) is 1.57. The molecule has 0 bridgehead atoms. The van der Waals surface area contributed by atoms with Crippen LogP contribution in [0.1, 0.15) is 0 Å². The second kappa shape index (κ2) is 4.34. The molecule has 5 heteroatoms. The molecule has 2 rings (SSSR count). The Morgan fingerprint density at radius 1 is 1.08 bits per heavy atom. The molecule has 1 heterocycles. The average Bonchev–Trinajstić information content (AvgIpc) is 2.07. The molecule has 0 saturated carbocycles. The van der Waals surface area contributed by atoms with Gasteiger partial charge in [-0.05, 0) is 11.0 Å². The first-order chi connectivity index (χ1) is 5.77. The molecular weight excluding hydrogens is 195 g/mol. The number of benzene rings is 1. The predicted molar refractivity (Wildman–Crippen MR) is 44.0 cm³/mol. The zero-order chi connectivity index (χ0) is 8.55. The fraction of sp³-hybridized carbons (Fsp3) is 0. The van der Waals surface area contributed by atoms with Crippen molar-refractivity contribution in [3.8, 4) is 0 Å². The second-order valence-electron chi connectivity index (χ2n) is 2.38. The van der Waals surface area contributed by atoms with E-state index in [0.29, 0.717) is 11.0 Å². The standard InChI is InChI=1S/C8H5N2O2.K/c11-7-8(12)10-6-4-2-1-3-5(6)9-7;/h1,3-4H,(H,9,11)(H,10,12);/q-1;+1. The van der Waals surface area contributed by atoms with Gasteiger partial charge in [-0.1, -0.05) is 0 Å². The van der Waals surface area contributed by atoms with E-state index in [-0.39, 0.29) is 51.4 Å². The molecule has 13 heavy (non-hydrogen) atoms. The van der Waals surface area contributed by atoms with E-state index in [9.17, 15) is 9.59 Å². The summed E-state index contributed by atoms with van der Waals surface area (Å²) in [7, 11) is 0. The molecule has 0 aliphatic heterocycles. The number of rotatable bonds is 0. The molecule has 0 aliphatic carbocycles. The van der Waals surface area contributed by atoms with Crippen LogP contribution < -0.4 is 62.5 Å². The van der Waals surface area contributed by atoms with Crippen LogP contribution in [0.25, 0.3) is 11.0 Å². The van der Waals surface area contributed by atoms with Crippen LogP contribution in [0.3, 0.4) is 0 Å². The summed E-state index contributed by atoms with van der Waals surface area (Å²) < 4.78 is 0. The molecule has 0 spiro atoms. The van der Waals surface area contributed by atoms with Crippen LogP contribution in [-0.4, -0.2) is 9.97 Å². The van der Waals surface area contributed by atoms with Gasteiger partial charge in [0.2, 0.25) is 0 Å². The van der Waals surface area contributed by atoms with Crippen molar-refractivity contribution in [3.05, 3.63) is 45.0 Å². The number of nitrogens with one attached hydrogen (secondary N) is 2. The van der Waals surface area contributed by atoms with E-state index >= 15 is 0 Å². The molecule has 60 valence electrons. The van der Waals surface area contributed by atoms with Crippen molar-refractivity contribution in [1.29, 1.82) is 0 Å². The average molecular weight is 200 g/mol. The first-order valence-electron chi connectivity index (χ1n) is 3.40. The Bertz CT molecular complexity index is 481. The molecule has 0 unspecified atom stereocenters. The minimum atomic E-state index is -0.637. The Morgan fingerprint density at radius 3 is 2.38 bits per heavy atom. The Morgan fingerprint density at radius 2 is 1.69 bits per heavy atom. The van der Waals surface area contributed by atoms with Crippen LogP contribution in [0, 0.1) is 6.07 Å². The van der Waals surface area contributed by atoms with Crippen molar-refractivity contribution in [2.24, 2.45) is 0 Å². The van der Waals surface area contributed by atoms with E-state index in [1.54, 1.807) is 18.2 Å². The van der Waals surface area contributed by atoms with Gasteiger partial charge in [-0.25, -0.2) is 0 Å². The van der Waals surface area contributed by atoms with Crippen LogP contribution in [0.5, 0.6) is 0 Å². The van der Waals surface area contributed by atoms with Crippen molar-refractivity contribution in [1.82, 2.24) is 9.97 Å². The summed E-state index contributed by atoms with van der Waals surface area (Å²) in [6, 6.07) is 7.73. The van der Waals surface area contributed by atoms with Crippen LogP contribution >= 0.6 is 0 Å². The van der Waals surface area contributed by atoms with Gasteiger partial charge in [0.25, 0.3) is 0 Å². The molecule has 4 nitrogen and oxygen atoms in total. The Balaban J connectivity index is 0.000000845. The summed E-state index contributed by atoms with van der Waals surface area (Å²) in [4.78, 5) is 26.5. The van der Waals surface area contributed by atoms with E-state index in [4.69, 9.17) is 0 Å². The third kappa shape index (κ3) is 2.18. The van der Waals surface area contributed by atoms with Gasteiger partial charge in [-0.3, -0.25) is 9.59 Å². The Kier molecular flexibility index (Phi) is 3.63. The molecule has 0 fully saturated rings. The van der Waals surface area contributed by atoms with Gasteiger partial charge in [0, 0.05) is 0 Å². The van der Waals surface area contributed by atoms with E-state index < -0.39 is 11.1 Å². The molecule has 0 saturated heterocycles. The van der Waals surface area contributed by atoms with Crippen molar-refractivity contribution in [2.75, 3.05) is 0 Å². The van der Waals surface area contributed by atoms with Crippen molar-refractivity contribution < 1.29 is 51.4 Å². The SMILES string of the molecule is O=c1[nH]c2c[c-]ccc2[nH]c1=O.[K+]. The molecule has 2 aromatic rings. The zero-order valence-electron chi connectivity index (χ0n) is 7.05. The number of hydrogen-bond donors (Lipinski definition) is 2. The molecular formula is C8H5KN2O2. The van der Waals surface area contributed by atoms with Crippen molar-refractivity contribution in [3.63, 3.8) is 0 Å². The fourth-order valence-corrected chi connectivity index (χ4v) is 1.00. The van der Waals surface area contributed by atoms with Crippen molar-refractivity contribution >= 4 is 11.0 Å². The topological polar surface area (TPSA) is 65.7 Å². The van der Waals surface area contributed by atoms with Gasteiger partial charge in [-0.15, -0.1) is 6.07 Å². The van der Waals surface area contributed by atoms with Crippen LogP contribution in [-0.2, 0) is 0 Å². The van der Waals surface area contributed by atoms with Crippen molar-refractivity contribution in [2.45, 2.75) is 0 Å². The van der Waals surface area contributed by atoms with Gasteiger partial charge >= 0.3 is 62.5 Å².